The van der Waals surface area contributed by atoms with Gasteiger partial charge in [0.2, 0.25) is 0 Å². The Labute approximate surface area is 327 Å². The van der Waals surface area contributed by atoms with Crippen LogP contribution in [0.2, 0.25) is 0 Å². The molecule has 3 heterocycles. The van der Waals surface area contributed by atoms with Gasteiger partial charge in [0.15, 0.2) is 11.7 Å². The number of nitrogens with zero attached hydrogens (tertiary/aromatic N) is 4. The Hall–Kier alpha value is -7.83. The Kier molecular flexibility index (Phi) is 7.54. The molecule has 1 N–H and O–H groups in total. The smallest absolute Gasteiger partial charge is 0.161 e. The largest absolute Gasteiger partial charge is 0.456 e. The van der Waals surface area contributed by atoms with Crippen LogP contribution >= 0.6 is 0 Å². The molecule has 0 fully saturated rings. The molecule has 0 unspecified atom stereocenters. The third-order valence-corrected chi connectivity index (χ3v) is 10.9. The van der Waals surface area contributed by atoms with Gasteiger partial charge in [0.1, 0.15) is 11.2 Å². The third kappa shape index (κ3) is 5.30. The van der Waals surface area contributed by atoms with Gasteiger partial charge in [-0.2, -0.15) is 0 Å². The van der Waals surface area contributed by atoms with Crippen LogP contribution in [0.5, 0.6) is 0 Å². The molecule has 0 aliphatic carbocycles. The number of hydrogen-bond acceptors (Lipinski definition) is 2. The number of benzene rings is 8. The lowest BCUT2D eigenvalue weighted by molar-refractivity contribution is 0.668. The number of hydrogen-bond donors (Lipinski definition) is 1. The lowest BCUT2D eigenvalue weighted by Crippen LogP contribution is -2.04. The Balaban J connectivity index is 1.16. The van der Waals surface area contributed by atoms with E-state index in [1.807, 2.05) is 78.9 Å². The number of fused-ring (bicyclic) bond motifs is 10. The molecule has 0 aliphatic heterocycles. The fourth-order valence-corrected chi connectivity index (χ4v) is 8.34. The fourth-order valence-electron chi connectivity index (χ4n) is 8.34. The first-order valence-corrected chi connectivity index (χ1v) is 19.0. The molecular formula is C51H33N5O. The van der Waals surface area contributed by atoms with E-state index in [1.165, 1.54) is 21.5 Å². The van der Waals surface area contributed by atoms with E-state index >= 15 is 0 Å². The van der Waals surface area contributed by atoms with E-state index in [-0.39, 0.29) is 5.84 Å². The van der Waals surface area contributed by atoms with Gasteiger partial charge in [0.05, 0.1) is 33.1 Å². The second kappa shape index (κ2) is 13.2. The SMILES string of the molecule is N=C(/N=C(\N=C\c1ccccc1)c1ccc2c(c1)oc1cccc(-n3c4ccccc4c4ccc5c6ccccc6n(-c6ccccc6)c5c43)c12)c1ccccc1. The van der Waals surface area contributed by atoms with Crippen molar-refractivity contribution in [2.75, 3.05) is 0 Å². The van der Waals surface area contributed by atoms with E-state index in [2.05, 4.69) is 118 Å². The molecule has 57 heavy (non-hydrogen) atoms. The zero-order valence-electron chi connectivity index (χ0n) is 30.7. The first-order valence-electron chi connectivity index (χ1n) is 19.0. The van der Waals surface area contributed by atoms with Gasteiger partial charge >= 0.3 is 0 Å². The molecule has 3 aromatic heterocycles. The molecule has 0 saturated carbocycles. The summed E-state index contributed by atoms with van der Waals surface area (Å²) in [4.78, 5) is 9.59. The summed E-state index contributed by atoms with van der Waals surface area (Å²) in [6, 6.07) is 64.4. The highest BCUT2D eigenvalue weighted by atomic mass is 16.3. The molecule has 11 aromatic rings. The number of aliphatic imine (C=N–C) groups is 2. The Morgan fingerprint density at radius 1 is 0.491 bits per heavy atom. The minimum Gasteiger partial charge on any atom is -0.456 e. The normalized spacial score (nSPS) is 12.3. The lowest BCUT2D eigenvalue weighted by Gasteiger charge is -2.13. The molecule has 6 heteroatoms. The van der Waals surface area contributed by atoms with Crippen LogP contribution in [-0.4, -0.2) is 27.0 Å². The van der Waals surface area contributed by atoms with Crippen molar-refractivity contribution in [2.45, 2.75) is 0 Å². The summed E-state index contributed by atoms with van der Waals surface area (Å²) in [5.74, 6) is 0.558. The average Bonchev–Trinajstić information content (AvgIpc) is 3.93. The quantitative estimate of drug-likeness (QED) is 0.139. The summed E-state index contributed by atoms with van der Waals surface area (Å²) >= 11 is 0. The zero-order chi connectivity index (χ0) is 37.9. The fraction of sp³-hybridized carbons (Fsp3) is 0. The van der Waals surface area contributed by atoms with Crippen LogP contribution < -0.4 is 0 Å². The molecule has 8 aromatic carbocycles. The number of furan rings is 1. The summed E-state index contributed by atoms with van der Waals surface area (Å²) in [6.07, 6.45) is 1.79. The van der Waals surface area contributed by atoms with E-state index in [1.54, 1.807) is 6.21 Å². The van der Waals surface area contributed by atoms with Gasteiger partial charge < -0.3 is 13.6 Å². The Morgan fingerprint density at radius 3 is 1.81 bits per heavy atom. The molecule has 0 aliphatic rings. The number of amidine groups is 2. The van der Waals surface area contributed by atoms with Gasteiger partial charge in [0, 0.05) is 50.0 Å². The maximum atomic E-state index is 8.86. The molecule has 6 nitrogen and oxygen atoms in total. The van der Waals surface area contributed by atoms with Gasteiger partial charge in [0.25, 0.3) is 0 Å². The van der Waals surface area contributed by atoms with Crippen molar-refractivity contribution in [3.8, 4) is 11.4 Å². The van der Waals surface area contributed by atoms with Crippen LogP contribution in [-0.2, 0) is 0 Å². The summed E-state index contributed by atoms with van der Waals surface area (Å²) < 4.78 is 11.5. The summed E-state index contributed by atoms with van der Waals surface area (Å²) in [6.45, 7) is 0. The Morgan fingerprint density at radius 2 is 1.09 bits per heavy atom. The van der Waals surface area contributed by atoms with E-state index in [4.69, 9.17) is 19.8 Å². The third-order valence-electron chi connectivity index (χ3n) is 10.9. The minimum absolute atomic E-state index is 0.133. The molecule has 0 atom stereocenters. The van der Waals surface area contributed by atoms with Crippen molar-refractivity contribution < 1.29 is 4.42 Å². The van der Waals surface area contributed by atoms with E-state index < -0.39 is 0 Å². The first-order chi connectivity index (χ1) is 28.2. The Bertz CT molecular complexity index is 3410. The van der Waals surface area contributed by atoms with Crippen LogP contribution in [0.3, 0.4) is 0 Å². The van der Waals surface area contributed by atoms with E-state index in [0.29, 0.717) is 17.0 Å². The second-order valence-corrected chi connectivity index (χ2v) is 14.2. The topological polar surface area (TPSA) is 71.6 Å². The van der Waals surface area contributed by atoms with Crippen LogP contribution in [0.15, 0.2) is 202 Å². The average molecular weight is 732 g/mol. The number of nitrogens with one attached hydrogen (secondary N) is 1. The highest BCUT2D eigenvalue weighted by Gasteiger charge is 2.23. The van der Waals surface area contributed by atoms with Gasteiger partial charge in [-0.25, -0.2) is 9.98 Å². The van der Waals surface area contributed by atoms with Crippen molar-refractivity contribution in [3.05, 3.63) is 205 Å². The van der Waals surface area contributed by atoms with Gasteiger partial charge in [-0.3, -0.25) is 5.41 Å². The van der Waals surface area contributed by atoms with E-state index in [0.717, 1.165) is 60.9 Å². The molecule has 11 rings (SSSR count). The van der Waals surface area contributed by atoms with Crippen molar-refractivity contribution in [1.82, 2.24) is 9.13 Å². The predicted molar refractivity (Wildman–Crippen MR) is 236 cm³/mol. The van der Waals surface area contributed by atoms with Crippen molar-refractivity contribution in [2.24, 2.45) is 9.98 Å². The van der Waals surface area contributed by atoms with Crippen molar-refractivity contribution in [3.63, 3.8) is 0 Å². The standard InChI is InChI=1S/C51H33N5O/c52-50(34-17-6-2-7-18-34)54-51(53-32-33-15-4-1-5-16-33)35-27-28-41-46(31-35)57-45-26-14-25-44(47(41)45)56-43-24-13-11-22-38(43)40-30-29-39-37-21-10-12-23-42(37)55(48(39)49(40)56)36-19-8-3-9-20-36/h1-32,52H/b52-50?,53-32+,54-51-. The van der Waals surface area contributed by atoms with Crippen molar-refractivity contribution >= 4 is 83.4 Å². The maximum Gasteiger partial charge on any atom is 0.161 e. The van der Waals surface area contributed by atoms with Gasteiger partial charge in [-0.15, -0.1) is 0 Å². The van der Waals surface area contributed by atoms with Gasteiger partial charge in [-0.05, 0) is 54.1 Å². The van der Waals surface area contributed by atoms with Crippen molar-refractivity contribution in [1.29, 1.82) is 5.41 Å². The zero-order valence-corrected chi connectivity index (χ0v) is 30.7. The minimum atomic E-state index is 0.133. The van der Waals surface area contributed by atoms with Crippen LogP contribution in [0.1, 0.15) is 16.7 Å². The molecule has 268 valence electrons. The first kappa shape index (κ1) is 32.6. The summed E-state index contributed by atoms with van der Waals surface area (Å²) in [7, 11) is 0. The van der Waals surface area contributed by atoms with E-state index in [9.17, 15) is 0 Å². The number of rotatable bonds is 5. The summed E-state index contributed by atoms with van der Waals surface area (Å²) in [5, 5.41) is 15.6. The monoisotopic (exact) mass is 731 g/mol. The second-order valence-electron chi connectivity index (χ2n) is 14.2. The summed E-state index contributed by atoms with van der Waals surface area (Å²) in [5.41, 5.74) is 10.6. The van der Waals surface area contributed by atoms with Crippen LogP contribution in [0, 0.1) is 5.41 Å². The highest BCUT2D eigenvalue weighted by molar-refractivity contribution is 6.25. The maximum absolute atomic E-state index is 8.86. The number of aromatic nitrogens is 2. The van der Waals surface area contributed by atoms with Crippen LogP contribution in [0.25, 0.3) is 76.9 Å². The molecule has 0 saturated heterocycles. The van der Waals surface area contributed by atoms with Gasteiger partial charge in [-0.1, -0.05) is 140 Å². The highest BCUT2D eigenvalue weighted by Crippen LogP contribution is 2.44. The molecule has 0 spiro atoms. The lowest BCUT2D eigenvalue weighted by atomic mass is 10.1. The molecule has 0 bridgehead atoms. The molecule has 0 radical (unpaired) electrons. The predicted octanol–water partition coefficient (Wildman–Crippen LogP) is 12.7. The molecular weight excluding hydrogens is 699 g/mol. The number of para-hydroxylation sites is 3. The van der Waals surface area contributed by atoms with Crippen LogP contribution in [0.4, 0.5) is 0 Å². The molecule has 0 amide bonds.